The number of hydrogen-bond acceptors (Lipinski definition) is 5. The number of nitrogens with zero attached hydrogens (tertiary/aromatic N) is 2. The predicted octanol–water partition coefficient (Wildman–Crippen LogP) is 7.36. The molecule has 0 saturated heterocycles. The van der Waals surface area contributed by atoms with Gasteiger partial charge in [-0.1, -0.05) is 87.7 Å². The highest BCUT2D eigenvalue weighted by molar-refractivity contribution is 9.10. The van der Waals surface area contributed by atoms with Gasteiger partial charge in [0.15, 0.2) is 0 Å². The second-order valence-electron chi connectivity index (χ2n) is 10.9. The molecular formula is C36H39Br2N3O5S. The number of hydrogen-bond donors (Lipinski definition) is 1. The minimum absolute atomic E-state index is 0.0269. The number of benzene rings is 4. The van der Waals surface area contributed by atoms with Gasteiger partial charge in [-0.2, -0.15) is 0 Å². The lowest BCUT2D eigenvalue weighted by molar-refractivity contribution is -0.140. The lowest BCUT2D eigenvalue weighted by atomic mass is 10.0. The maximum atomic E-state index is 14.6. The van der Waals surface area contributed by atoms with Crippen LogP contribution in [-0.2, 0) is 32.6 Å². The third-order valence-corrected chi connectivity index (χ3v) is 10.3. The zero-order valence-electron chi connectivity index (χ0n) is 26.4. The van der Waals surface area contributed by atoms with E-state index in [1.165, 1.54) is 17.0 Å². The van der Waals surface area contributed by atoms with Crippen molar-refractivity contribution in [2.24, 2.45) is 0 Å². The SMILES string of the molecule is CCCCNC(=O)[C@@H](Cc1ccccc1)N(Cc1cccc(Br)c1)C(=O)CN(c1ccc(OCC)cc1)S(=O)(=O)c1ccc(Br)cc1. The molecular weight excluding hydrogens is 746 g/mol. The number of carbonyl (C=O) groups excluding carboxylic acids is 2. The minimum Gasteiger partial charge on any atom is -0.494 e. The van der Waals surface area contributed by atoms with Crippen LogP contribution in [0.5, 0.6) is 5.75 Å². The van der Waals surface area contributed by atoms with E-state index >= 15 is 0 Å². The Kier molecular flexibility index (Phi) is 13.4. The Labute approximate surface area is 294 Å². The zero-order chi connectivity index (χ0) is 33.8. The highest BCUT2D eigenvalue weighted by Crippen LogP contribution is 2.28. The van der Waals surface area contributed by atoms with Crippen LogP contribution in [0.3, 0.4) is 0 Å². The number of rotatable bonds is 16. The van der Waals surface area contributed by atoms with Crippen molar-refractivity contribution in [3.63, 3.8) is 0 Å². The second-order valence-corrected chi connectivity index (χ2v) is 14.6. The molecule has 4 aromatic carbocycles. The molecule has 0 aromatic heterocycles. The summed E-state index contributed by atoms with van der Waals surface area (Å²) in [6.45, 7) is 4.38. The van der Waals surface area contributed by atoms with Gasteiger partial charge in [0.2, 0.25) is 11.8 Å². The van der Waals surface area contributed by atoms with Crippen LogP contribution in [0.15, 0.2) is 117 Å². The van der Waals surface area contributed by atoms with Gasteiger partial charge < -0.3 is 15.0 Å². The molecule has 4 rings (SSSR count). The van der Waals surface area contributed by atoms with E-state index in [9.17, 15) is 18.0 Å². The van der Waals surface area contributed by atoms with Crippen molar-refractivity contribution in [1.82, 2.24) is 10.2 Å². The fourth-order valence-corrected chi connectivity index (χ4v) is 7.16. The van der Waals surface area contributed by atoms with Gasteiger partial charge in [0.05, 0.1) is 17.2 Å². The molecule has 11 heteroatoms. The minimum atomic E-state index is -4.21. The number of amides is 2. The summed E-state index contributed by atoms with van der Waals surface area (Å²) < 4.78 is 36.6. The largest absolute Gasteiger partial charge is 0.494 e. The van der Waals surface area contributed by atoms with Crippen molar-refractivity contribution in [3.8, 4) is 5.75 Å². The molecule has 2 amide bonds. The highest BCUT2D eigenvalue weighted by atomic mass is 79.9. The zero-order valence-corrected chi connectivity index (χ0v) is 30.4. The molecule has 0 bridgehead atoms. The first-order valence-electron chi connectivity index (χ1n) is 15.5. The number of unbranched alkanes of at least 4 members (excludes halogenated alkanes) is 1. The van der Waals surface area contributed by atoms with Crippen LogP contribution in [0.2, 0.25) is 0 Å². The third kappa shape index (κ3) is 10.2. The Morgan fingerprint density at radius 3 is 2.15 bits per heavy atom. The fourth-order valence-electron chi connectivity index (χ4n) is 5.03. The van der Waals surface area contributed by atoms with E-state index in [4.69, 9.17) is 4.74 Å². The van der Waals surface area contributed by atoms with E-state index in [-0.39, 0.29) is 23.8 Å². The molecule has 248 valence electrons. The molecule has 1 atom stereocenters. The van der Waals surface area contributed by atoms with Gasteiger partial charge in [-0.25, -0.2) is 8.42 Å². The van der Waals surface area contributed by atoms with Crippen molar-refractivity contribution >= 4 is 59.4 Å². The van der Waals surface area contributed by atoms with E-state index in [2.05, 4.69) is 37.2 Å². The maximum absolute atomic E-state index is 14.6. The first-order chi connectivity index (χ1) is 22.6. The van der Waals surface area contributed by atoms with E-state index in [0.717, 1.165) is 37.2 Å². The summed E-state index contributed by atoms with van der Waals surface area (Å²) in [5.41, 5.74) is 1.95. The molecule has 0 radical (unpaired) electrons. The summed E-state index contributed by atoms with van der Waals surface area (Å²) in [7, 11) is -4.21. The van der Waals surface area contributed by atoms with Gasteiger partial charge in [-0.05, 0) is 85.1 Å². The number of sulfonamides is 1. The summed E-state index contributed by atoms with van der Waals surface area (Å²) in [6, 6.07) is 28.9. The second kappa shape index (κ2) is 17.5. The van der Waals surface area contributed by atoms with Gasteiger partial charge in [0.25, 0.3) is 10.0 Å². The maximum Gasteiger partial charge on any atom is 0.264 e. The van der Waals surface area contributed by atoms with Crippen LogP contribution in [0, 0.1) is 0 Å². The van der Waals surface area contributed by atoms with Crippen LogP contribution in [0.25, 0.3) is 0 Å². The lowest BCUT2D eigenvalue weighted by Gasteiger charge is -2.34. The molecule has 0 fully saturated rings. The van der Waals surface area contributed by atoms with Gasteiger partial charge >= 0.3 is 0 Å². The predicted molar refractivity (Wildman–Crippen MR) is 193 cm³/mol. The van der Waals surface area contributed by atoms with Crippen molar-refractivity contribution in [3.05, 3.63) is 123 Å². The summed E-state index contributed by atoms with van der Waals surface area (Å²) in [4.78, 5) is 30.0. The van der Waals surface area contributed by atoms with E-state index in [1.54, 1.807) is 36.4 Å². The van der Waals surface area contributed by atoms with Gasteiger partial charge in [0.1, 0.15) is 18.3 Å². The molecule has 47 heavy (non-hydrogen) atoms. The smallest absolute Gasteiger partial charge is 0.264 e. The van der Waals surface area contributed by atoms with Crippen LogP contribution < -0.4 is 14.4 Å². The average Bonchev–Trinajstić information content (AvgIpc) is 3.06. The molecule has 0 saturated carbocycles. The fraction of sp³-hybridized carbons (Fsp3) is 0.278. The van der Waals surface area contributed by atoms with Crippen LogP contribution in [0.4, 0.5) is 5.69 Å². The molecule has 0 aliphatic heterocycles. The Balaban J connectivity index is 1.79. The lowest BCUT2D eigenvalue weighted by Crippen LogP contribution is -2.53. The van der Waals surface area contributed by atoms with Crippen molar-refractivity contribution in [1.29, 1.82) is 0 Å². The first-order valence-corrected chi connectivity index (χ1v) is 18.5. The van der Waals surface area contributed by atoms with Gasteiger partial charge in [0, 0.05) is 28.5 Å². The number of ether oxygens (including phenoxy) is 1. The Morgan fingerprint density at radius 1 is 0.830 bits per heavy atom. The van der Waals surface area contributed by atoms with Gasteiger partial charge in [-0.3, -0.25) is 13.9 Å². The molecule has 0 spiro atoms. The number of carbonyl (C=O) groups is 2. The van der Waals surface area contributed by atoms with E-state index < -0.39 is 28.5 Å². The Bertz CT molecular complexity index is 1720. The monoisotopic (exact) mass is 783 g/mol. The summed E-state index contributed by atoms with van der Waals surface area (Å²) in [6.07, 6.45) is 1.94. The van der Waals surface area contributed by atoms with E-state index in [1.807, 2.05) is 68.4 Å². The standard InChI is InChI=1S/C36H39Br2N3O5S/c1-3-5-22-39-36(43)34(24-27-10-7-6-8-11-27)40(25-28-12-9-13-30(38)23-28)35(42)26-41(31-16-18-32(19-17-31)46-4-2)47(44,45)33-20-14-29(37)15-21-33/h6-21,23,34H,3-5,22,24-26H2,1-2H3,(H,39,43)/t34-/m1/s1. The number of halogens is 2. The molecule has 1 N–H and O–H groups in total. The summed E-state index contributed by atoms with van der Waals surface area (Å²) in [5, 5.41) is 3.01. The molecule has 0 unspecified atom stereocenters. The van der Waals surface area contributed by atoms with Crippen LogP contribution in [0.1, 0.15) is 37.8 Å². The summed E-state index contributed by atoms with van der Waals surface area (Å²) in [5.74, 6) is -0.244. The molecule has 0 aliphatic carbocycles. The van der Waals surface area contributed by atoms with Crippen molar-refractivity contribution < 1.29 is 22.7 Å². The number of anilines is 1. The highest BCUT2D eigenvalue weighted by Gasteiger charge is 2.34. The molecule has 0 heterocycles. The Morgan fingerprint density at radius 2 is 1.51 bits per heavy atom. The number of nitrogens with one attached hydrogen (secondary N) is 1. The average molecular weight is 786 g/mol. The molecule has 8 nitrogen and oxygen atoms in total. The normalized spacial score (nSPS) is 11.8. The molecule has 0 aliphatic rings. The van der Waals surface area contributed by atoms with E-state index in [0.29, 0.717) is 24.6 Å². The van der Waals surface area contributed by atoms with Crippen molar-refractivity contribution in [2.45, 2.75) is 50.6 Å². The van der Waals surface area contributed by atoms with Crippen LogP contribution in [-0.4, -0.2) is 50.9 Å². The van der Waals surface area contributed by atoms with Crippen LogP contribution >= 0.6 is 31.9 Å². The quantitative estimate of drug-likeness (QED) is 0.120. The Hall–Kier alpha value is -3.67. The topological polar surface area (TPSA) is 96.0 Å². The van der Waals surface area contributed by atoms with Gasteiger partial charge in [-0.15, -0.1) is 0 Å². The molecule has 4 aromatic rings. The summed E-state index contributed by atoms with van der Waals surface area (Å²) >= 11 is 6.88. The van der Waals surface area contributed by atoms with Crippen molar-refractivity contribution in [2.75, 3.05) is 24.0 Å². The third-order valence-electron chi connectivity index (χ3n) is 7.46. The first kappa shape index (κ1) is 36.2.